The van der Waals surface area contributed by atoms with Crippen LogP contribution >= 0.6 is 0 Å². The molecule has 17 heavy (non-hydrogen) atoms. The molecule has 1 saturated heterocycles. The van der Waals surface area contributed by atoms with Crippen molar-refractivity contribution in [3.8, 4) is 0 Å². The molecule has 3 nitrogen and oxygen atoms in total. The van der Waals surface area contributed by atoms with E-state index in [0.29, 0.717) is 11.6 Å². The Morgan fingerprint density at radius 2 is 2.12 bits per heavy atom. The van der Waals surface area contributed by atoms with Crippen molar-refractivity contribution in [1.29, 1.82) is 0 Å². The second-order valence-corrected chi connectivity index (χ2v) is 5.74. The topological polar surface area (TPSA) is 24.5 Å². The normalized spacial score (nSPS) is 26.6. The molecule has 1 N–H and O–H groups in total. The first-order valence-electron chi connectivity index (χ1n) is 7.15. The molecule has 0 aromatic rings. The van der Waals surface area contributed by atoms with E-state index in [4.69, 9.17) is 4.74 Å². The van der Waals surface area contributed by atoms with E-state index in [1.54, 1.807) is 0 Å². The third-order valence-electron chi connectivity index (χ3n) is 3.65. The van der Waals surface area contributed by atoms with Crippen LogP contribution in [0.4, 0.5) is 0 Å². The second-order valence-electron chi connectivity index (χ2n) is 5.74. The van der Waals surface area contributed by atoms with E-state index >= 15 is 0 Å². The zero-order valence-corrected chi connectivity index (χ0v) is 12.1. The summed E-state index contributed by atoms with van der Waals surface area (Å²) >= 11 is 0. The molecule has 1 aliphatic heterocycles. The van der Waals surface area contributed by atoms with E-state index in [0.717, 1.165) is 13.2 Å². The highest BCUT2D eigenvalue weighted by molar-refractivity contribution is 4.89. The van der Waals surface area contributed by atoms with Gasteiger partial charge < -0.3 is 15.0 Å². The summed E-state index contributed by atoms with van der Waals surface area (Å²) in [5.41, 5.74) is 0.326. The molecule has 0 bridgehead atoms. The van der Waals surface area contributed by atoms with E-state index in [2.05, 4.69) is 37.9 Å². The minimum absolute atomic E-state index is 0.326. The highest BCUT2D eigenvalue weighted by Crippen LogP contribution is 2.15. The number of rotatable bonds is 7. The Morgan fingerprint density at radius 3 is 2.76 bits per heavy atom. The maximum absolute atomic E-state index is 5.56. The Balaban J connectivity index is 2.11. The first-order valence-corrected chi connectivity index (χ1v) is 7.15. The maximum Gasteiger partial charge on any atom is 0.0518 e. The van der Waals surface area contributed by atoms with E-state index < -0.39 is 0 Å². The number of ether oxygens (including phenoxy) is 1. The zero-order valence-electron chi connectivity index (χ0n) is 12.1. The van der Waals surface area contributed by atoms with Crippen LogP contribution in [0.2, 0.25) is 0 Å². The Labute approximate surface area is 107 Å². The van der Waals surface area contributed by atoms with Gasteiger partial charge in [0.1, 0.15) is 0 Å². The van der Waals surface area contributed by atoms with Crippen molar-refractivity contribution in [2.45, 2.75) is 58.6 Å². The van der Waals surface area contributed by atoms with Crippen LogP contribution in [0.1, 0.15) is 47.0 Å². The summed E-state index contributed by atoms with van der Waals surface area (Å²) in [4.78, 5) is 2.59. The molecule has 3 heteroatoms. The lowest BCUT2D eigenvalue weighted by atomic mass is 9.96. The number of hydrogen-bond acceptors (Lipinski definition) is 3. The average molecular weight is 242 g/mol. The molecule has 0 radical (unpaired) electrons. The molecule has 1 heterocycles. The molecule has 0 aliphatic carbocycles. The van der Waals surface area contributed by atoms with Gasteiger partial charge in [-0.3, -0.25) is 0 Å². The third-order valence-corrected chi connectivity index (χ3v) is 3.65. The number of hydrogen-bond donors (Lipinski definition) is 1. The summed E-state index contributed by atoms with van der Waals surface area (Å²) in [5, 5.41) is 3.63. The van der Waals surface area contributed by atoms with Gasteiger partial charge in [0.25, 0.3) is 0 Å². The Kier molecular flexibility index (Phi) is 6.45. The minimum atomic E-state index is 0.326. The van der Waals surface area contributed by atoms with Crippen molar-refractivity contribution in [3.05, 3.63) is 0 Å². The van der Waals surface area contributed by atoms with Gasteiger partial charge in [0.15, 0.2) is 0 Å². The number of nitrogens with zero attached hydrogens (tertiary/aromatic N) is 1. The minimum Gasteiger partial charge on any atom is -0.379 e. The van der Waals surface area contributed by atoms with Gasteiger partial charge in [0.05, 0.1) is 6.10 Å². The predicted octanol–water partition coefficient (Wildman–Crippen LogP) is 2.27. The van der Waals surface area contributed by atoms with Crippen LogP contribution in [0.5, 0.6) is 0 Å². The summed E-state index contributed by atoms with van der Waals surface area (Å²) < 4.78 is 5.56. The number of nitrogens with one attached hydrogen (secondary N) is 1. The van der Waals surface area contributed by atoms with Crippen molar-refractivity contribution in [3.63, 3.8) is 0 Å². The fraction of sp³-hybridized carbons (Fsp3) is 1.00. The van der Waals surface area contributed by atoms with Crippen molar-refractivity contribution in [2.75, 3.05) is 32.8 Å². The zero-order chi connectivity index (χ0) is 12.7. The van der Waals surface area contributed by atoms with E-state index in [1.165, 1.54) is 38.9 Å². The van der Waals surface area contributed by atoms with Crippen LogP contribution < -0.4 is 5.32 Å². The molecule has 1 rings (SSSR count). The Morgan fingerprint density at radius 1 is 1.35 bits per heavy atom. The van der Waals surface area contributed by atoms with Crippen LogP contribution in [-0.2, 0) is 4.74 Å². The Hall–Kier alpha value is -0.120. The van der Waals surface area contributed by atoms with Gasteiger partial charge in [0.2, 0.25) is 0 Å². The summed E-state index contributed by atoms with van der Waals surface area (Å²) in [5.74, 6) is 0. The number of piperazine rings is 1. The van der Waals surface area contributed by atoms with Crippen LogP contribution in [0.15, 0.2) is 0 Å². The highest BCUT2D eigenvalue weighted by atomic mass is 16.5. The van der Waals surface area contributed by atoms with Crippen LogP contribution in [-0.4, -0.2) is 49.3 Å². The van der Waals surface area contributed by atoms with Crippen LogP contribution in [0.3, 0.4) is 0 Å². The molecular formula is C14H30N2O. The predicted molar refractivity (Wildman–Crippen MR) is 73.5 cm³/mol. The quantitative estimate of drug-likeness (QED) is 0.693. The van der Waals surface area contributed by atoms with Crippen LogP contribution in [0, 0.1) is 0 Å². The fourth-order valence-electron chi connectivity index (χ4n) is 2.33. The lowest BCUT2D eigenvalue weighted by Crippen LogP contribution is -2.58. The van der Waals surface area contributed by atoms with Gasteiger partial charge in [-0.05, 0) is 46.6 Å². The van der Waals surface area contributed by atoms with E-state index in [1.807, 2.05) is 0 Å². The van der Waals surface area contributed by atoms with Gasteiger partial charge in [0, 0.05) is 31.8 Å². The summed E-state index contributed by atoms with van der Waals surface area (Å²) in [7, 11) is 0. The van der Waals surface area contributed by atoms with Gasteiger partial charge in [-0.25, -0.2) is 0 Å². The summed E-state index contributed by atoms with van der Waals surface area (Å²) in [6, 6.07) is 0. The fourth-order valence-corrected chi connectivity index (χ4v) is 2.33. The largest absolute Gasteiger partial charge is 0.379 e. The van der Waals surface area contributed by atoms with Gasteiger partial charge in [-0.1, -0.05) is 6.92 Å². The molecule has 0 aromatic heterocycles. The highest BCUT2D eigenvalue weighted by Gasteiger charge is 2.27. The maximum atomic E-state index is 5.56. The van der Waals surface area contributed by atoms with Crippen molar-refractivity contribution in [2.24, 2.45) is 0 Å². The van der Waals surface area contributed by atoms with Gasteiger partial charge in [-0.15, -0.1) is 0 Å². The van der Waals surface area contributed by atoms with Gasteiger partial charge >= 0.3 is 0 Å². The molecule has 1 atom stereocenters. The number of unbranched alkanes of at least 4 members (excludes halogenated alkanes) is 1. The molecule has 1 fully saturated rings. The first-order chi connectivity index (χ1) is 8.06. The van der Waals surface area contributed by atoms with Gasteiger partial charge in [-0.2, -0.15) is 0 Å². The second kappa shape index (κ2) is 7.34. The lowest BCUT2D eigenvalue weighted by molar-refractivity contribution is 0.0717. The SMILES string of the molecule is CCC1(C)CN(CCCCOC(C)C)CCN1. The smallest absolute Gasteiger partial charge is 0.0518 e. The van der Waals surface area contributed by atoms with Crippen LogP contribution in [0.25, 0.3) is 0 Å². The molecular weight excluding hydrogens is 212 g/mol. The molecule has 0 amide bonds. The lowest BCUT2D eigenvalue weighted by Gasteiger charge is -2.41. The molecule has 0 spiro atoms. The molecule has 1 aliphatic rings. The van der Waals surface area contributed by atoms with Crippen molar-refractivity contribution >= 4 is 0 Å². The summed E-state index contributed by atoms with van der Waals surface area (Å²) in [6.07, 6.45) is 4.02. The Bertz CT molecular complexity index is 208. The standard InChI is InChI=1S/C14H30N2O/c1-5-14(4)12-16(10-8-15-14)9-6-7-11-17-13(2)3/h13,15H,5-12H2,1-4H3. The van der Waals surface area contributed by atoms with Crippen molar-refractivity contribution in [1.82, 2.24) is 10.2 Å². The van der Waals surface area contributed by atoms with E-state index in [9.17, 15) is 0 Å². The van der Waals surface area contributed by atoms with Crippen molar-refractivity contribution < 1.29 is 4.74 Å². The summed E-state index contributed by atoms with van der Waals surface area (Å²) in [6.45, 7) is 14.5. The monoisotopic (exact) mass is 242 g/mol. The third kappa shape index (κ3) is 5.84. The molecule has 0 aromatic carbocycles. The molecule has 102 valence electrons. The molecule has 0 saturated carbocycles. The van der Waals surface area contributed by atoms with E-state index in [-0.39, 0.29) is 0 Å². The first kappa shape index (κ1) is 14.9. The molecule has 1 unspecified atom stereocenters. The average Bonchev–Trinajstić information content (AvgIpc) is 2.28.